The third-order valence-electron chi connectivity index (χ3n) is 2.53. The number of benzene rings is 1. The van der Waals surface area contributed by atoms with Gasteiger partial charge in [0.1, 0.15) is 6.61 Å². The van der Waals surface area contributed by atoms with E-state index in [-0.39, 0.29) is 6.61 Å². The average Bonchev–Trinajstić information content (AvgIpc) is 2.37. The van der Waals surface area contributed by atoms with Gasteiger partial charge < -0.3 is 9.84 Å². The summed E-state index contributed by atoms with van der Waals surface area (Å²) in [5, 5.41) is 10.5. The SMILES string of the molecule is C=CCOC(=O)C(O)(CCC)c1ccccc1. The Labute approximate surface area is 102 Å². The summed E-state index contributed by atoms with van der Waals surface area (Å²) in [5.74, 6) is -0.620. The normalized spacial score (nSPS) is 13.8. The van der Waals surface area contributed by atoms with Crippen LogP contribution in [0, 0.1) is 0 Å². The van der Waals surface area contributed by atoms with Gasteiger partial charge in [-0.05, 0) is 12.0 Å². The van der Waals surface area contributed by atoms with Gasteiger partial charge in [0.05, 0.1) is 0 Å². The number of hydrogen-bond donors (Lipinski definition) is 1. The van der Waals surface area contributed by atoms with Crippen molar-refractivity contribution < 1.29 is 14.6 Å². The molecule has 0 amide bonds. The molecule has 0 aliphatic carbocycles. The molecular formula is C14H18O3. The van der Waals surface area contributed by atoms with E-state index in [0.717, 1.165) is 0 Å². The van der Waals surface area contributed by atoms with Crippen molar-refractivity contribution in [1.29, 1.82) is 0 Å². The van der Waals surface area contributed by atoms with Crippen LogP contribution in [0.4, 0.5) is 0 Å². The summed E-state index contributed by atoms with van der Waals surface area (Å²) >= 11 is 0. The highest BCUT2D eigenvalue weighted by atomic mass is 16.5. The number of hydrogen-bond acceptors (Lipinski definition) is 3. The maximum absolute atomic E-state index is 11.9. The molecule has 1 aromatic rings. The van der Waals surface area contributed by atoms with E-state index in [0.29, 0.717) is 18.4 Å². The first-order valence-electron chi connectivity index (χ1n) is 5.71. The summed E-state index contributed by atoms with van der Waals surface area (Å²) < 4.78 is 4.96. The Morgan fingerprint density at radius 2 is 2.12 bits per heavy atom. The Balaban J connectivity index is 2.96. The lowest BCUT2D eigenvalue weighted by Crippen LogP contribution is -2.37. The van der Waals surface area contributed by atoms with Gasteiger partial charge in [-0.15, -0.1) is 0 Å². The molecule has 1 aromatic carbocycles. The van der Waals surface area contributed by atoms with Crippen molar-refractivity contribution in [2.45, 2.75) is 25.4 Å². The summed E-state index contributed by atoms with van der Waals surface area (Å²) in [4.78, 5) is 11.9. The van der Waals surface area contributed by atoms with Gasteiger partial charge in [0.25, 0.3) is 0 Å². The maximum Gasteiger partial charge on any atom is 0.343 e. The molecule has 1 N–H and O–H groups in total. The minimum absolute atomic E-state index is 0.109. The number of rotatable bonds is 6. The molecule has 3 nitrogen and oxygen atoms in total. The highest BCUT2D eigenvalue weighted by Crippen LogP contribution is 2.27. The predicted molar refractivity (Wildman–Crippen MR) is 66.4 cm³/mol. The highest BCUT2D eigenvalue weighted by Gasteiger charge is 2.38. The van der Waals surface area contributed by atoms with E-state index in [1.54, 1.807) is 24.3 Å². The first-order chi connectivity index (χ1) is 8.15. The quantitative estimate of drug-likeness (QED) is 0.607. The van der Waals surface area contributed by atoms with Gasteiger partial charge in [0, 0.05) is 0 Å². The van der Waals surface area contributed by atoms with E-state index in [1.165, 1.54) is 6.08 Å². The van der Waals surface area contributed by atoms with Crippen LogP contribution in [0.25, 0.3) is 0 Å². The van der Waals surface area contributed by atoms with E-state index in [4.69, 9.17) is 4.74 Å². The molecule has 0 aliphatic rings. The predicted octanol–water partition coefficient (Wildman–Crippen LogP) is 2.40. The van der Waals surface area contributed by atoms with Gasteiger partial charge in [0.2, 0.25) is 0 Å². The number of esters is 1. The highest BCUT2D eigenvalue weighted by molar-refractivity contribution is 5.81. The Hall–Kier alpha value is -1.61. The van der Waals surface area contributed by atoms with Crippen LogP contribution in [0.5, 0.6) is 0 Å². The Kier molecular flexibility index (Phi) is 4.91. The molecule has 17 heavy (non-hydrogen) atoms. The molecule has 0 aliphatic heterocycles. The smallest absolute Gasteiger partial charge is 0.343 e. The van der Waals surface area contributed by atoms with E-state index in [2.05, 4.69) is 6.58 Å². The second-order valence-corrected chi connectivity index (χ2v) is 3.86. The zero-order valence-corrected chi connectivity index (χ0v) is 10.1. The van der Waals surface area contributed by atoms with Gasteiger partial charge in [-0.3, -0.25) is 0 Å². The topological polar surface area (TPSA) is 46.5 Å². The molecule has 92 valence electrons. The van der Waals surface area contributed by atoms with Crippen LogP contribution in [0.1, 0.15) is 25.3 Å². The van der Waals surface area contributed by atoms with Crippen molar-refractivity contribution in [3.05, 3.63) is 48.6 Å². The Morgan fingerprint density at radius 1 is 1.47 bits per heavy atom. The van der Waals surface area contributed by atoms with Crippen molar-refractivity contribution in [3.63, 3.8) is 0 Å². The van der Waals surface area contributed by atoms with Crippen molar-refractivity contribution in [3.8, 4) is 0 Å². The molecule has 0 aromatic heterocycles. The van der Waals surface area contributed by atoms with Crippen molar-refractivity contribution in [2.75, 3.05) is 6.61 Å². The molecule has 1 rings (SSSR count). The Bertz CT molecular complexity index is 372. The first-order valence-corrected chi connectivity index (χ1v) is 5.71. The number of aliphatic hydroxyl groups is 1. The minimum atomic E-state index is -1.56. The molecular weight excluding hydrogens is 216 g/mol. The lowest BCUT2D eigenvalue weighted by molar-refractivity contribution is -0.166. The monoisotopic (exact) mass is 234 g/mol. The fourth-order valence-corrected chi connectivity index (χ4v) is 1.69. The lowest BCUT2D eigenvalue weighted by Gasteiger charge is -2.25. The van der Waals surface area contributed by atoms with E-state index >= 15 is 0 Å². The maximum atomic E-state index is 11.9. The fraction of sp³-hybridized carbons (Fsp3) is 0.357. The van der Waals surface area contributed by atoms with Crippen molar-refractivity contribution in [2.24, 2.45) is 0 Å². The average molecular weight is 234 g/mol. The van der Waals surface area contributed by atoms with Crippen molar-refractivity contribution >= 4 is 5.97 Å². The van der Waals surface area contributed by atoms with Crippen molar-refractivity contribution in [1.82, 2.24) is 0 Å². The number of carbonyl (C=O) groups is 1. The summed E-state index contributed by atoms with van der Waals surface area (Å²) in [5.41, 5.74) is -0.991. The van der Waals surface area contributed by atoms with Gasteiger partial charge in [0.15, 0.2) is 5.60 Å². The first kappa shape index (κ1) is 13.5. The summed E-state index contributed by atoms with van der Waals surface area (Å²) in [7, 11) is 0. The zero-order valence-electron chi connectivity index (χ0n) is 10.1. The molecule has 3 heteroatoms. The van der Waals surface area contributed by atoms with Gasteiger partial charge in [-0.1, -0.05) is 56.3 Å². The Morgan fingerprint density at radius 3 is 2.65 bits per heavy atom. The molecule has 0 radical (unpaired) electrons. The zero-order chi connectivity index (χ0) is 12.7. The van der Waals surface area contributed by atoms with Crippen LogP contribution in [-0.4, -0.2) is 17.7 Å². The van der Waals surface area contributed by atoms with E-state index < -0.39 is 11.6 Å². The summed E-state index contributed by atoms with van der Waals surface area (Å²) in [6.45, 7) is 5.49. The molecule has 0 saturated carbocycles. The lowest BCUT2D eigenvalue weighted by atomic mass is 9.89. The number of carbonyl (C=O) groups excluding carboxylic acids is 1. The number of ether oxygens (including phenoxy) is 1. The summed E-state index contributed by atoms with van der Waals surface area (Å²) in [6, 6.07) is 8.87. The minimum Gasteiger partial charge on any atom is -0.459 e. The molecule has 0 saturated heterocycles. The molecule has 0 spiro atoms. The van der Waals surface area contributed by atoms with Gasteiger partial charge >= 0.3 is 5.97 Å². The van der Waals surface area contributed by atoms with Gasteiger partial charge in [-0.2, -0.15) is 0 Å². The fourth-order valence-electron chi connectivity index (χ4n) is 1.69. The molecule has 1 unspecified atom stereocenters. The van der Waals surface area contributed by atoms with E-state index in [9.17, 15) is 9.90 Å². The van der Waals surface area contributed by atoms with Crippen LogP contribution >= 0.6 is 0 Å². The third-order valence-corrected chi connectivity index (χ3v) is 2.53. The molecule has 0 fully saturated rings. The van der Waals surface area contributed by atoms with Crippen LogP contribution in [-0.2, 0) is 15.1 Å². The third kappa shape index (κ3) is 3.17. The molecule has 1 atom stereocenters. The van der Waals surface area contributed by atoms with Gasteiger partial charge in [-0.25, -0.2) is 4.79 Å². The summed E-state index contributed by atoms with van der Waals surface area (Å²) in [6.07, 6.45) is 2.51. The second kappa shape index (κ2) is 6.21. The van der Waals surface area contributed by atoms with Crippen LogP contribution in [0.2, 0.25) is 0 Å². The molecule has 0 heterocycles. The van der Waals surface area contributed by atoms with Crippen LogP contribution < -0.4 is 0 Å². The largest absolute Gasteiger partial charge is 0.459 e. The van der Waals surface area contributed by atoms with Crippen LogP contribution in [0.3, 0.4) is 0 Å². The molecule has 0 bridgehead atoms. The standard InChI is InChI=1S/C14H18O3/c1-3-10-14(16,13(15)17-11-4-2)12-8-6-5-7-9-12/h4-9,16H,2-3,10-11H2,1H3. The van der Waals surface area contributed by atoms with Crippen LogP contribution in [0.15, 0.2) is 43.0 Å². The second-order valence-electron chi connectivity index (χ2n) is 3.86. The van der Waals surface area contributed by atoms with E-state index in [1.807, 2.05) is 13.0 Å².